The maximum absolute atomic E-state index is 13.2. The summed E-state index contributed by atoms with van der Waals surface area (Å²) in [6.07, 6.45) is -5.77. The van der Waals surface area contributed by atoms with Crippen LogP contribution in [-0.4, -0.2) is 63.3 Å². The van der Waals surface area contributed by atoms with Crippen molar-refractivity contribution in [1.29, 1.82) is 0 Å². The number of nitrogens with zero attached hydrogens (tertiary/aromatic N) is 6. The van der Waals surface area contributed by atoms with Crippen molar-refractivity contribution in [3.63, 3.8) is 0 Å². The molecule has 3 aromatic rings. The van der Waals surface area contributed by atoms with E-state index in [1.54, 1.807) is 9.80 Å². The molecule has 35 heavy (non-hydrogen) atoms. The number of alkyl halides is 6. The van der Waals surface area contributed by atoms with E-state index in [9.17, 15) is 31.1 Å². The van der Waals surface area contributed by atoms with Gasteiger partial charge in [0.2, 0.25) is 5.91 Å². The molecule has 4 rings (SSSR count). The molecule has 0 atom stereocenters. The number of pyridine rings is 1. The Bertz CT molecular complexity index is 1150. The predicted molar refractivity (Wildman–Crippen MR) is 113 cm³/mol. The SMILES string of the molecule is O=C(CN1CCN(c2ccc(C(F)(F)F)cn2)CC1)Nc1cc(C(F)(F)F)ccc1-n1cncn1. The number of carbonyl (C=O) groups excluding carboxylic acids is 1. The summed E-state index contributed by atoms with van der Waals surface area (Å²) in [7, 11) is 0. The minimum atomic E-state index is -4.59. The van der Waals surface area contributed by atoms with E-state index in [1.165, 1.54) is 29.5 Å². The maximum atomic E-state index is 13.2. The van der Waals surface area contributed by atoms with Crippen molar-refractivity contribution >= 4 is 17.4 Å². The van der Waals surface area contributed by atoms with Crippen molar-refractivity contribution in [2.75, 3.05) is 42.9 Å². The van der Waals surface area contributed by atoms with Crippen molar-refractivity contribution in [3.05, 3.63) is 60.3 Å². The summed E-state index contributed by atoms with van der Waals surface area (Å²) in [4.78, 5) is 23.9. The molecule has 186 valence electrons. The number of aromatic nitrogens is 4. The molecule has 0 unspecified atom stereocenters. The Kier molecular flexibility index (Phi) is 6.65. The van der Waals surface area contributed by atoms with Crippen LogP contribution in [0.25, 0.3) is 5.69 Å². The van der Waals surface area contributed by atoms with Gasteiger partial charge in [-0.25, -0.2) is 14.6 Å². The molecular formula is C21H19F6N7O. The number of halogens is 6. The Hall–Kier alpha value is -3.68. The van der Waals surface area contributed by atoms with Crippen molar-refractivity contribution in [2.24, 2.45) is 0 Å². The minimum absolute atomic E-state index is 0.0667. The molecule has 2 aromatic heterocycles. The van der Waals surface area contributed by atoms with Gasteiger partial charge in [-0.2, -0.15) is 31.4 Å². The highest BCUT2D eigenvalue weighted by Crippen LogP contribution is 2.33. The third kappa shape index (κ3) is 5.88. The molecule has 8 nitrogen and oxygen atoms in total. The van der Waals surface area contributed by atoms with Crippen LogP contribution in [0.2, 0.25) is 0 Å². The first-order valence-corrected chi connectivity index (χ1v) is 10.4. The van der Waals surface area contributed by atoms with Gasteiger partial charge in [-0.15, -0.1) is 0 Å². The highest BCUT2D eigenvalue weighted by atomic mass is 19.4. The summed E-state index contributed by atoms with van der Waals surface area (Å²) < 4.78 is 78.9. The molecule has 3 heterocycles. The fraction of sp³-hybridized carbons (Fsp3) is 0.333. The molecule has 14 heteroatoms. The number of anilines is 2. The zero-order chi connectivity index (χ0) is 25.2. The highest BCUT2D eigenvalue weighted by molar-refractivity contribution is 5.94. The van der Waals surface area contributed by atoms with E-state index in [0.717, 1.165) is 24.4 Å². The Morgan fingerprint density at radius 2 is 1.63 bits per heavy atom. The summed E-state index contributed by atoms with van der Waals surface area (Å²) in [5.74, 6) is -0.129. The molecule has 1 aromatic carbocycles. The first kappa shape index (κ1) is 24.4. The molecule has 1 fully saturated rings. The number of hydrogen-bond acceptors (Lipinski definition) is 6. The van der Waals surface area contributed by atoms with Crippen LogP contribution in [0, 0.1) is 0 Å². The lowest BCUT2D eigenvalue weighted by Gasteiger charge is -2.35. The normalized spacial score (nSPS) is 15.3. The molecule has 0 aliphatic carbocycles. The first-order valence-electron chi connectivity index (χ1n) is 10.4. The van der Waals surface area contributed by atoms with Crippen LogP contribution < -0.4 is 10.2 Å². The summed E-state index contributed by atoms with van der Waals surface area (Å²) in [6.45, 7) is 1.57. The van der Waals surface area contributed by atoms with E-state index in [2.05, 4.69) is 20.4 Å². The molecule has 1 N–H and O–H groups in total. The second kappa shape index (κ2) is 9.52. The number of rotatable bonds is 5. The number of hydrogen-bond donors (Lipinski definition) is 1. The van der Waals surface area contributed by atoms with Crippen LogP contribution in [0.3, 0.4) is 0 Å². The Balaban J connectivity index is 1.38. The smallest absolute Gasteiger partial charge is 0.354 e. The van der Waals surface area contributed by atoms with Crippen LogP contribution in [0.1, 0.15) is 11.1 Å². The average molecular weight is 499 g/mol. The maximum Gasteiger partial charge on any atom is 0.417 e. The van der Waals surface area contributed by atoms with Crippen molar-refractivity contribution in [2.45, 2.75) is 12.4 Å². The molecule has 0 radical (unpaired) electrons. The van der Waals surface area contributed by atoms with E-state index in [0.29, 0.717) is 32.0 Å². The largest absolute Gasteiger partial charge is 0.417 e. The quantitative estimate of drug-likeness (QED) is 0.542. The van der Waals surface area contributed by atoms with Crippen LogP contribution in [0.15, 0.2) is 49.2 Å². The predicted octanol–water partition coefficient (Wildman–Crippen LogP) is 3.46. The van der Waals surface area contributed by atoms with Crippen LogP contribution in [-0.2, 0) is 17.1 Å². The number of carbonyl (C=O) groups is 1. The summed E-state index contributed by atoms with van der Waals surface area (Å²) in [5, 5.41) is 6.43. The van der Waals surface area contributed by atoms with E-state index < -0.39 is 29.4 Å². The first-order chi connectivity index (χ1) is 16.5. The van der Waals surface area contributed by atoms with Gasteiger partial charge in [0.05, 0.1) is 29.0 Å². The van der Waals surface area contributed by atoms with Gasteiger partial charge >= 0.3 is 12.4 Å². The van der Waals surface area contributed by atoms with Crippen LogP contribution in [0.4, 0.5) is 37.8 Å². The molecular weight excluding hydrogens is 480 g/mol. The molecule has 1 aliphatic rings. The lowest BCUT2D eigenvalue weighted by molar-refractivity contribution is -0.138. The van der Waals surface area contributed by atoms with Gasteiger partial charge in [0.25, 0.3) is 0 Å². The number of nitrogens with one attached hydrogen (secondary N) is 1. The zero-order valence-electron chi connectivity index (χ0n) is 18.0. The van der Waals surface area contributed by atoms with E-state index >= 15 is 0 Å². The Labute approximate surface area is 195 Å². The molecule has 1 aliphatic heterocycles. The van der Waals surface area contributed by atoms with Crippen molar-refractivity contribution in [1.82, 2.24) is 24.6 Å². The van der Waals surface area contributed by atoms with E-state index in [1.807, 2.05) is 0 Å². The van der Waals surface area contributed by atoms with Gasteiger partial charge in [0.1, 0.15) is 18.5 Å². The number of piperazine rings is 1. The van der Waals surface area contributed by atoms with E-state index in [4.69, 9.17) is 0 Å². The second-order valence-electron chi connectivity index (χ2n) is 7.78. The lowest BCUT2D eigenvalue weighted by atomic mass is 10.1. The van der Waals surface area contributed by atoms with Crippen molar-refractivity contribution < 1.29 is 31.1 Å². The average Bonchev–Trinajstić information content (AvgIpc) is 3.33. The Morgan fingerprint density at radius 1 is 0.943 bits per heavy atom. The monoisotopic (exact) mass is 499 g/mol. The molecule has 0 saturated carbocycles. The van der Waals surface area contributed by atoms with Crippen molar-refractivity contribution in [3.8, 4) is 5.69 Å². The minimum Gasteiger partial charge on any atom is -0.354 e. The topological polar surface area (TPSA) is 79.2 Å². The third-order valence-electron chi connectivity index (χ3n) is 5.40. The van der Waals surface area contributed by atoms with Gasteiger partial charge in [0.15, 0.2) is 0 Å². The summed E-state index contributed by atoms with van der Waals surface area (Å²) >= 11 is 0. The molecule has 0 spiro atoms. The number of benzene rings is 1. The Morgan fingerprint density at radius 3 is 2.20 bits per heavy atom. The molecule has 1 amide bonds. The van der Waals surface area contributed by atoms with Gasteiger partial charge in [-0.1, -0.05) is 0 Å². The van der Waals surface area contributed by atoms with Crippen LogP contribution in [0.5, 0.6) is 0 Å². The van der Waals surface area contributed by atoms with E-state index in [-0.39, 0.29) is 17.9 Å². The molecule has 0 bridgehead atoms. The van der Waals surface area contributed by atoms with Gasteiger partial charge in [0, 0.05) is 32.4 Å². The van der Waals surface area contributed by atoms with Gasteiger partial charge in [-0.05, 0) is 30.3 Å². The summed E-state index contributed by atoms with van der Waals surface area (Å²) in [6, 6.07) is 5.18. The zero-order valence-corrected chi connectivity index (χ0v) is 18.0. The lowest BCUT2D eigenvalue weighted by Crippen LogP contribution is -2.49. The highest BCUT2D eigenvalue weighted by Gasteiger charge is 2.32. The fourth-order valence-electron chi connectivity index (χ4n) is 3.61. The van der Waals surface area contributed by atoms with Gasteiger partial charge in [-0.3, -0.25) is 9.69 Å². The standard InChI is InChI=1S/C21H19F6N7O/c22-20(23,24)14-1-3-17(34-13-28-12-30-34)16(9-14)31-19(35)11-32-5-7-33(8-6-32)18-4-2-15(10-29-18)21(25,26)27/h1-4,9-10,12-13H,5-8,11H2,(H,31,35). The second-order valence-corrected chi connectivity index (χ2v) is 7.78. The summed E-state index contributed by atoms with van der Waals surface area (Å²) in [5.41, 5.74) is -1.60. The molecule has 1 saturated heterocycles. The van der Waals surface area contributed by atoms with Crippen LogP contribution >= 0.6 is 0 Å². The fourth-order valence-corrected chi connectivity index (χ4v) is 3.61. The van der Waals surface area contributed by atoms with Gasteiger partial charge < -0.3 is 10.2 Å². The third-order valence-corrected chi connectivity index (χ3v) is 5.40. The number of amides is 1.